The van der Waals surface area contributed by atoms with Gasteiger partial charge in [0.05, 0.1) is 17.9 Å². The maximum Gasteiger partial charge on any atom is 0.250 e. The Morgan fingerprint density at radius 1 is 1.40 bits per heavy atom. The van der Waals surface area contributed by atoms with Gasteiger partial charge in [-0.1, -0.05) is 6.58 Å². The second-order valence-corrected chi connectivity index (χ2v) is 6.27. The van der Waals surface area contributed by atoms with Crippen molar-refractivity contribution in [3.63, 3.8) is 0 Å². The van der Waals surface area contributed by atoms with E-state index in [0.29, 0.717) is 13.0 Å². The number of carbonyl (C=O) groups is 2. The van der Waals surface area contributed by atoms with Crippen molar-refractivity contribution in [3.8, 4) is 0 Å². The molecule has 1 aliphatic heterocycles. The van der Waals surface area contributed by atoms with Crippen molar-refractivity contribution < 1.29 is 9.59 Å². The highest BCUT2D eigenvalue weighted by Gasteiger charge is 2.19. The molecular formula is C19H22N4O2. The number of rotatable bonds is 4. The number of amides is 2. The van der Waals surface area contributed by atoms with Crippen LogP contribution in [0.4, 0.5) is 11.4 Å². The van der Waals surface area contributed by atoms with Crippen molar-refractivity contribution in [1.29, 1.82) is 0 Å². The van der Waals surface area contributed by atoms with E-state index in [1.807, 2.05) is 38.2 Å². The third kappa shape index (κ3) is 3.63. The molecule has 1 aromatic heterocycles. The number of aromatic nitrogens is 2. The molecule has 2 heterocycles. The SMILES string of the molecule is C=CC(=O)N(Cc1cc(C)nn1C)c1ccc2c(c1)CCCC(=O)N2. The average Bonchev–Trinajstić information content (AvgIpc) is 2.78. The summed E-state index contributed by atoms with van der Waals surface area (Å²) in [6, 6.07) is 7.67. The molecule has 2 aromatic rings. The molecule has 0 fully saturated rings. The van der Waals surface area contributed by atoms with Crippen LogP contribution in [0.5, 0.6) is 0 Å². The molecule has 6 nitrogen and oxygen atoms in total. The average molecular weight is 338 g/mol. The summed E-state index contributed by atoms with van der Waals surface area (Å²) in [5.41, 5.74) is 4.52. The molecule has 2 amide bonds. The van der Waals surface area contributed by atoms with Crippen LogP contribution in [0.1, 0.15) is 29.8 Å². The van der Waals surface area contributed by atoms with Crippen LogP contribution in [-0.4, -0.2) is 21.6 Å². The van der Waals surface area contributed by atoms with Gasteiger partial charge in [-0.2, -0.15) is 5.10 Å². The van der Waals surface area contributed by atoms with Crippen LogP contribution in [0.25, 0.3) is 0 Å². The van der Waals surface area contributed by atoms with Crippen LogP contribution >= 0.6 is 0 Å². The zero-order valence-corrected chi connectivity index (χ0v) is 14.6. The Hall–Kier alpha value is -2.89. The fraction of sp³-hybridized carbons (Fsp3) is 0.316. The van der Waals surface area contributed by atoms with Gasteiger partial charge >= 0.3 is 0 Å². The highest BCUT2D eigenvalue weighted by molar-refractivity contribution is 6.01. The predicted molar refractivity (Wildman–Crippen MR) is 97.3 cm³/mol. The lowest BCUT2D eigenvalue weighted by molar-refractivity contribution is -0.116. The molecular weight excluding hydrogens is 316 g/mol. The highest BCUT2D eigenvalue weighted by Crippen LogP contribution is 2.28. The molecule has 0 aliphatic carbocycles. The second-order valence-electron chi connectivity index (χ2n) is 6.27. The standard InChI is InChI=1S/C19H22N4O2/c1-4-19(25)23(12-16-10-13(2)21-22(16)3)15-8-9-17-14(11-15)6-5-7-18(24)20-17/h4,8-11H,1,5-7,12H2,2-3H3,(H,20,24). The summed E-state index contributed by atoms with van der Waals surface area (Å²) < 4.78 is 1.78. The van der Waals surface area contributed by atoms with Crippen molar-refractivity contribution in [3.05, 3.63) is 53.9 Å². The minimum Gasteiger partial charge on any atom is -0.326 e. The Bertz CT molecular complexity index is 838. The number of benzene rings is 1. The van der Waals surface area contributed by atoms with Gasteiger partial charge in [-0.15, -0.1) is 0 Å². The first-order valence-corrected chi connectivity index (χ1v) is 8.34. The van der Waals surface area contributed by atoms with Crippen LogP contribution < -0.4 is 10.2 Å². The molecule has 0 unspecified atom stereocenters. The Morgan fingerprint density at radius 2 is 2.20 bits per heavy atom. The molecule has 25 heavy (non-hydrogen) atoms. The number of anilines is 2. The van der Waals surface area contributed by atoms with Gasteiger partial charge < -0.3 is 10.2 Å². The number of nitrogens with zero attached hydrogens (tertiary/aromatic N) is 3. The van der Waals surface area contributed by atoms with E-state index in [1.165, 1.54) is 6.08 Å². The van der Waals surface area contributed by atoms with Gasteiger partial charge in [-0.25, -0.2) is 0 Å². The van der Waals surface area contributed by atoms with Gasteiger partial charge in [-0.05, 0) is 55.7 Å². The molecule has 1 aromatic carbocycles. The van der Waals surface area contributed by atoms with Crippen molar-refractivity contribution in [1.82, 2.24) is 9.78 Å². The molecule has 0 spiro atoms. The minimum atomic E-state index is -0.170. The summed E-state index contributed by atoms with van der Waals surface area (Å²) in [6.45, 7) is 5.95. The summed E-state index contributed by atoms with van der Waals surface area (Å²) in [7, 11) is 1.87. The zero-order valence-electron chi connectivity index (χ0n) is 14.6. The van der Waals surface area contributed by atoms with Gasteiger partial charge in [0.2, 0.25) is 5.91 Å². The quantitative estimate of drug-likeness (QED) is 0.872. The lowest BCUT2D eigenvalue weighted by atomic mass is 10.1. The number of hydrogen-bond acceptors (Lipinski definition) is 3. The van der Waals surface area contributed by atoms with Crippen molar-refractivity contribution in [2.45, 2.75) is 32.7 Å². The van der Waals surface area contributed by atoms with E-state index in [2.05, 4.69) is 17.0 Å². The summed E-state index contributed by atoms with van der Waals surface area (Å²) in [4.78, 5) is 25.8. The first-order chi connectivity index (χ1) is 12.0. The molecule has 6 heteroatoms. The largest absolute Gasteiger partial charge is 0.326 e. The Labute approximate surface area is 147 Å². The predicted octanol–water partition coefficient (Wildman–Crippen LogP) is 2.72. The number of hydrogen-bond donors (Lipinski definition) is 1. The molecule has 1 aliphatic rings. The van der Waals surface area contributed by atoms with Gasteiger partial charge in [0.1, 0.15) is 0 Å². The Morgan fingerprint density at radius 3 is 2.88 bits per heavy atom. The molecule has 0 saturated heterocycles. The maximum atomic E-state index is 12.4. The number of fused-ring (bicyclic) bond motifs is 1. The molecule has 0 bridgehead atoms. The van der Waals surface area contributed by atoms with Gasteiger partial charge in [0.25, 0.3) is 5.91 Å². The van der Waals surface area contributed by atoms with Crippen LogP contribution in [0.2, 0.25) is 0 Å². The highest BCUT2D eigenvalue weighted by atomic mass is 16.2. The third-order valence-corrected chi connectivity index (χ3v) is 4.38. The fourth-order valence-corrected chi connectivity index (χ4v) is 3.11. The summed E-state index contributed by atoms with van der Waals surface area (Å²) in [6.07, 6.45) is 3.45. The molecule has 0 atom stereocenters. The normalized spacial score (nSPS) is 13.6. The van der Waals surface area contributed by atoms with Crippen molar-refractivity contribution in [2.75, 3.05) is 10.2 Å². The van der Waals surface area contributed by atoms with Crippen LogP contribution in [-0.2, 0) is 29.6 Å². The van der Waals surface area contributed by atoms with Gasteiger partial charge in [-0.3, -0.25) is 14.3 Å². The molecule has 0 radical (unpaired) electrons. The Balaban J connectivity index is 1.95. The van der Waals surface area contributed by atoms with Crippen molar-refractivity contribution >= 4 is 23.2 Å². The summed E-state index contributed by atoms with van der Waals surface area (Å²) >= 11 is 0. The Kier molecular flexibility index (Phi) is 4.70. The lowest BCUT2D eigenvalue weighted by Crippen LogP contribution is -2.29. The molecule has 1 N–H and O–H groups in total. The smallest absolute Gasteiger partial charge is 0.250 e. The first-order valence-electron chi connectivity index (χ1n) is 8.34. The van der Waals surface area contributed by atoms with E-state index >= 15 is 0 Å². The van der Waals surface area contributed by atoms with Crippen molar-refractivity contribution in [2.24, 2.45) is 7.05 Å². The fourth-order valence-electron chi connectivity index (χ4n) is 3.11. The third-order valence-electron chi connectivity index (χ3n) is 4.38. The van der Waals surface area contributed by atoms with Crippen LogP contribution in [0.3, 0.4) is 0 Å². The topological polar surface area (TPSA) is 67.2 Å². The summed E-state index contributed by atoms with van der Waals surface area (Å²) in [5, 5.41) is 7.26. The van der Waals surface area contributed by atoms with E-state index in [1.54, 1.807) is 9.58 Å². The zero-order chi connectivity index (χ0) is 18.0. The maximum absolute atomic E-state index is 12.4. The van der Waals surface area contributed by atoms with E-state index in [4.69, 9.17) is 0 Å². The van der Waals surface area contributed by atoms with Crippen LogP contribution in [0.15, 0.2) is 36.9 Å². The van der Waals surface area contributed by atoms with E-state index in [9.17, 15) is 9.59 Å². The monoisotopic (exact) mass is 338 g/mol. The van der Waals surface area contributed by atoms with E-state index in [0.717, 1.165) is 41.2 Å². The van der Waals surface area contributed by atoms with Crippen LogP contribution in [0, 0.1) is 6.92 Å². The van der Waals surface area contributed by atoms with Gasteiger partial charge in [0.15, 0.2) is 0 Å². The molecule has 0 saturated carbocycles. The second kappa shape index (κ2) is 6.93. The van der Waals surface area contributed by atoms with Gasteiger partial charge in [0, 0.05) is 24.8 Å². The number of nitrogens with one attached hydrogen (secondary N) is 1. The molecule has 130 valence electrons. The molecule has 3 rings (SSSR count). The number of aryl methyl sites for hydroxylation is 3. The van der Waals surface area contributed by atoms with E-state index < -0.39 is 0 Å². The number of carbonyl (C=O) groups excluding carboxylic acids is 2. The lowest BCUT2D eigenvalue weighted by Gasteiger charge is -2.23. The summed E-state index contributed by atoms with van der Waals surface area (Å²) in [5.74, 6) is -0.132. The first kappa shape index (κ1) is 17.0. The minimum absolute atomic E-state index is 0.0379. The van der Waals surface area contributed by atoms with E-state index in [-0.39, 0.29) is 11.8 Å².